The van der Waals surface area contributed by atoms with Crippen molar-refractivity contribution in [3.05, 3.63) is 105 Å². The van der Waals surface area contributed by atoms with Crippen LogP contribution in [0.25, 0.3) is 10.9 Å². The first kappa shape index (κ1) is 26.7. The minimum atomic E-state index is -4.48. The van der Waals surface area contributed by atoms with Crippen molar-refractivity contribution in [3.8, 4) is 0 Å². The first-order valence-corrected chi connectivity index (χ1v) is 12.7. The molecule has 1 aliphatic heterocycles. The van der Waals surface area contributed by atoms with E-state index in [1.807, 2.05) is 30.5 Å². The molecule has 1 fully saturated rings. The van der Waals surface area contributed by atoms with E-state index in [1.54, 1.807) is 18.2 Å². The summed E-state index contributed by atoms with van der Waals surface area (Å²) in [6, 6.07) is 18.1. The van der Waals surface area contributed by atoms with Crippen molar-refractivity contribution < 1.29 is 23.2 Å². The Kier molecular flexibility index (Phi) is 7.33. The molecule has 0 saturated carbocycles. The molecule has 1 aromatic heterocycles. The van der Waals surface area contributed by atoms with Crippen molar-refractivity contribution in [2.24, 2.45) is 5.41 Å². The van der Waals surface area contributed by atoms with Crippen molar-refractivity contribution in [1.29, 1.82) is 0 Å². The normalized spacial score (nSPS) is 18.1. The largest absolute Gasteiger partial charge is 0.416 e. The summed E-state index contributed by atoms with van der Waals surface area (Å²) in [6.07, 6.45) is -1.72. The molecule has 1 saturated heterocycles. The molecule has 4 aromatic rings. The molecule has 7 nitrogen and oxygen atoms in total. The number of aromatic nitrogens is 1. The van der Waals surface area contributed by atoms with E-state index >= 15 is 0 Å². The molecule has 0 spiro atoms. The van der Waals surface area contributed by atoms with Crippen molar-refractivity contribution in [2.45, 2.75) is 32.2 Å². The number of nitrogens with one attached hydrogen (secondary N) is 2. The highest BCUT2D eigenvalue weighted by atomic mass is 19.4. The molecular formula is C29H29F3N4O3. The van der Waals surface area contributed by atoms with Crippen LogP contribution < -0.4 is 5.32 Å². The van der Waals surface area contributed by atoms with Gasteiger partial charge in [0.15, 0.2) is 0 Å². The van der Waals surface area contributed by atoms with Gasteiger partial charge in [-0.1, -0.05) is 42.5 Å². The van der Waals surface area contributed by atoms with Crippen LogP contribution in [0.4, 0.5) is 24.5 Å². The Morgan fingerprint density at radius 2 is 1.85 bits per heavy atom. The van der Waals surface area contributed by atoms with Gasteiger partial charge in [0, 0.05) is 48.2 Å². The highest BCUT2D eigenvalue weighted by Gasteiger charge is 2.41. The summed E-state index contributed by atoms with van der Waals surface area (Å²) in [5.74, 6) is 0. The van der Waals surface area contributed by atoms with Gasteiger partial charge in [0.2, 0.25) is 0 Å². The van der Waals surface area contributed by atoms with Gasteiger partial charge in [-0.05, 0) is 54.3 Å². The maximum atomic E-state index is 13.9. The molecule has 3 N–H and O–H groups in total. The van der Waals surface area contributed by atoms with Crippen molar-refractivity contribution in [3.63, 3.8) is 0 Å². The fourth-order valence-electron chi connectivity index (χ4n) is 5.63. The average molecular weight is 539 g/mol. The predicted molar refractivity (Wildman–Crippen MR) is 143 cm³/mol. The van der Waals surface area contributed by atoms with Crippen LogP contribution in [-0.2, 0) is 25.7 Å². The highest BCUT2D eigenvalue weighted by Crippen LogP contribution is 2.40. The summed E-state index contributed by atoms with van der Waals surface area (Å²) in [4.78, 5) is 16.7. The maximum absolute atomic E-state index is 13.9. The molecule has 39 heavy (non-hydrogen) atoms. The van der Waals surface area contributed by atoms with Crippen molar-refractivity contribution in [2.75, 3.05) is 25.0 Å². The number of aliphatic hydroxyl groups excluding tert-OH is 1. The van der Waals surface area contributed by atoms with E-state index in [0.717, 1.165) is 22.5 Å². The van der Waals surface area contributed by atoms with Crippen molar-refractivity contribution >= 4 is 22.3 Å². The minimum Gasteiger partial charge on any atom is -0.392 e. The Labute approximate surface area is 223 Å². The number of nitro groups is 1. The van der Waals surface area contributed by atoms with E-state index in [1.165, 1.54) is 18.2 Å². The minimum absolute atomic E-state index is 0.169. The molecule has 1 unspecified atom stereocenters. The van der Waals surface area contributed by atoms with E-state index in [0.29, 0.717) is 31.6 Å². The Morgan fingerprint density at radius 1 is 1.08 bits per heavy atom. The molecule has 1 aliphatic rings. The van der Waals surface area contributed by atoms with Crippen LogP contribution in [-0.4, -0.2) is 39.5 Å². The van der Waals surface area contributed by atoms with Gasteiger partial charge >= 0.3 is 6.18 Å². The van der Waals surface area contributed by atoms with Crippen LogP contribution in [0.3, 0.4) is 0 Å². The number of fused-ring (bicyclic) bond motifs is 1. The van der Waals surface area contributed by atoms with Crippen LogP contribution in [0.15, 0.2) is 72.9 Å². The number of hydrogen-bond donors (Lipinski definition) is 3. The van der Waals surface area contributed by atoms with Gasteiger partial charge in [-0.2, -0.15) is 13.2 Å². The zero-order chi connectivity index (χ0) is 27.6. The smallest absolute Gasteiger partial charge is 0.392 e. The third-order valence-corrected chi connectivity index (χ3v) is 7.57. The monoisotopic (exact) mass is 538 g/mol. The van der Waals surface area contributed by atoms with E-state index in [-0.39, 0.29) is 36.5 Å². The number of aromatic amines is 1. The molecule has 0 bridgehead atoms. The van der Waals surface area contributed by atoms with E-state index in [2.05, 4.69) is 15.2 Å². The molecular weight excluding hydrogens is 509 g/mol. The van der Waals surface area contributed by atoms with Gasteiger partial charge in [0.1, 0.15) is 5.69 Å². The van der Waals surface area contributed by atoms with Crippen LogP contribution in [0.2, 0.25) is 0 Å². The van der Waals surface area contributed by atoms with Crippen LogP contribution in [0.1, 0.15) is 28.7 Å². The third-order valence-electron chi connectivity index (χ3n) is 7.57. The SMILES string of the molecule is O=[N+]([O-])c1cc(CO)ccc1NCC1(Cc2ccccc2C(F)(F)F)CCN(Cc2c[nH]c3ccccc23)C1. The molecule has 3 aromatic carbocycles. The number of anilines is 1. The standard InChI is InChI=1S/C29H29F3N4O3/c30-29(31,32)24-7-3-1-5-21(24)14-28(18-34-26-10-9-20(17-37)13-27(26)36(38)39)11-12-35(19-28)16-22-15-33-25-8-4-2-6-23(22)25/h1-10,13,15,33-34,37H,11-12,14,16-19H2. The average Bonchev–Trinajstić information content (AvgIpc) is 3.51. The molecule has 0 radical (unpaired) electrons. The van der Waals surface area contributed by atoms with E-state index in [9.17, 15) is 28.4 Å². The molecule has 0 amide bonds. The van der Waals surface area contributed by atoms with E-state index < -0.39 is 22.1 Å². The summed E-state index contributed by atoms with van der Waals surface area (Å²) >= 11 is 0. The number of para-hydroxylation sites is 1. The third kappa shape index (κ3) is 5.76. The molecule has 10 heteroatoms. The number of alkyl halides is 3. The summed E-state index contributed by atoms with van der Waals surface area (Å²) < 4.78 is 41.6. The first-order chi connectivity index (χ1) is 18.7. The van der Waals surface area contributed by atoms with Crippen LogP contribution in [0, 0.1) is 15.5 Å². The quantitative estimate of drug-likeness (QED) is 0.176. The lowest BCUT2D eigenvalue weighted by atomic mass is 9.79. The second-order valence-electron chi connectivity index (χ2n) is 10.3. The lowest BCUT2D eigenvalue weighted by Crippen LogP contribution is -2.36. The summed E-state index contributed by atoms with van der Waals surface area (Å²) in [6.45, 7) is 1.76. The number of rotatable bonds is 9. The predicted octanol–water partition coefficient (Wildman–Crippen LogP) is 6.13. The number of hydrogen-bond acceptors (Lipinski definition) is 5. The Morgan fingerprint density at radius 3 is 2.62 bits per heavy atom. The number of aliphatic hydroxyl groups is 1. The molecule has 0 aliphatic carbocycles. The number of nitro benzene ring substituents is 1. The topological polar surface area (TPSA) is 94.4 Å². The van der Waals surface area contributed by atoms with Gasteiger partial charge in [-0.15, -0.1) is 0 Å². The highest BCUT2D eigenvalue weighted by molar-refractivity contribution is 5.83. The zero-order valence-electron chi connectivity index (χ0n) is 21.2. The molecule has 2 heterocycles. The molecule has 1 atom stereocenters. The Balaban J connectivity index is 1.43. The number of likely N-dealkylation sites (tertiary alicyclic amines) is 1. The maximum Gasteiger partial charge on any atom is 0.416 e. The zero-order valence-corrected chi connectivity index (χ0v) is 21.2. The fraction of sp³-hybridized carbons (Fsp3) is 0.310. The summed E-state index contributed by atoms with van der Waals surface area (Å²) in [5.41, 5.74) is 1.60. The Hall–Kier alpha value is -3.89. The number of H-pyrrole nitrogens is 1. The second kappa shape index (κ2) is 10.7. The van der Waals surface area contributed by atoms with E-state index in [4.69, 9.17) is 0 Å². The van der Waals surface area contributed by atoms with Crippen molar-refractivity contribution in [1.82, 2.24) is 9.88 Å². The van der Waals surface area contributed by atoms with Gasteiger partial charge < -0.3 is 15.4 Å². The lowest BCUT2D eigenvalue weighted by molar-refractivity contribution is -0.384. The van der Waals surface area contributed by atoms with Gasteiger partial charge in [0.25, 0.3) is 5.69 Å². The van der Waals surface area contributed by atoms with Crippen LogP contribution >= 0.6 is 0 Å². The second-order valence-corrected chi connectivity index (χ2v) is 10.3. The van der Waals surface area contributed by atoms with Gasteiger partial charge in [-0.25, -0.2) is 0 Å². The fourth-order valence-corrected chi connectivity index (χ4v) is 5.63. The number of nitrogens with zero attached hydrogens (tertiary/aromatic N) is 2. The number of halogens is 3. The lowest BCUT2D eigenvalue weighted by Gasteiger charge is -2.31. The Bertz CT molecular complexity index is 1490. The summed E-state index contributed by atoms with van der Waals surface area (Å²) in [5, 5.41) is 25.4. The first-order valence-electron chi connectivity index (χ1n) is 12.7. The summed E-state index contributed by atoms with van der Waals surface area (Å²) in [7, 11) is 0. The molecule has 5 rings (SSSR count). The van der Waals surface area contributed by atoms with Crippen LogP contribution in [0.5, 0.6) is 0 Å². The number of benzene rings is 3. The molecule has 204 valence electrons. The van der Waals surface area contributed by atoms with Gasteiger partial charge in [0.05, 0.1) is 17.1 Å². The van der Waals surface area contributed by atoms with Gasteiger partial charge in [-0.3, -0.25) is 15.0 Å².